The summed E-state index contributed by atoms with van der Waals surface area (Å²) in [6.07, 6.45) is 2.25. The monoisotopic (exact) mass is 257 g/mol. The van der Waals surface area contributed by atoms with Crippen LogP contribution in [-0.4, -0.2) is 10.9 Å². The van der Waals surface area contributed by atoms with Gasteiger partial charge >= 0.3 is 0 Å². The molecule has 0 saturated heterocycles. The third-order valence-electron chi connectivity index (χ3n) is 3.37. The van der Waals surface area contributed by atoms with Gasteiger partial charge in [-0.3, -0.25) is 4.79 Å². The Kier molecular flexibility index (Phi) is 2.53. The Morgan fingerprint density at radius 2 is 2.22 bits per heavy atom. The molecule has 1 aromatic carbocycles. The van der Waals surface area contributed by atoms with Gasteiger partial charge in [0.1, 0.15) is 5.41 Å². The third-order valence-corrected chi connectivity index (χ3v) is 4.32. The lowest BCUT2D eigenvalue weighted by Gasteiger charge is -2.32. The molecule has 1 saturated carbocycles. The number of benzene rings is 1. The summed E-state index contributed by atoms with van der Waals surface area (Å²) < 4.78 is 1.03. The van der Waals surface area contributed by atoms with Gasteiger partial charge in [-0.15, -0.1) is 0 Å². The summed E-state index contributed by atoms with van der Waals surface area (Å²) in [6.45, 7) is 0. The number of carbonyl (C=O) groups is 1. The zero-order chi connectivity index (χ0) is 12.6. The number of fused-ring (bicyclic) bond motifs is 1. The molecule has 1 aromatic heterocycles. The van der Waals surface area contributed by atoms with E-state index in [1.54, 1.807) is 0 Å². The first-order valence-corrected chi connectivity index (χ1v) is 6.63. The van der Waals surface area contributed by atoms with Crippen molar-refractivity contribution in [2.45, 2.75) is 19.3 Å². The van der Waals surface area contributed by atoms with Crippen molar-refractivity contribution in [3.05, 3.63) is 24.3 Å². The summed E-state index contributed by atoms with van der Waals surface area (Å²) in [5, 5.41) is 12.4. The highest BCUT2D eigenvalue weighted by Gasteiger charge is 2.44. The lowest BCUT2D eigenvalue weighted by molar-refractivity contribution is -0.126. The minimum atomic E-state index is -0.822. The molecule has 0 aliphatic heterocycles. The molecule has 0 radical (unpaired) electrons. The van der Waals surface area contributed by atoms with E-state index < -0.39 is 5.41 Å². The molecule has 18 heavy (non-hydrogen) atoms. The van der Waals surface area contributed by atoms with Crippen LogP contribution in [0.5, 0.6) is 0 Å². The Bertz CT molecular complexity index is 619. The number of para-hydroxylation sites is 1. The molecule has 1 heterocycles. The van der Waals surface area contributed by atoms with Gasteiger partial charge in [-0.25, -0.2) is 4.98 Å². The Hall–Kier alpha value is -1.93. The number of thiazole rings is 1. The highest BCUT2D eigenvalue weighted by molar-refractivity contribution is 7.22. The number of rotatable bonds is 2. The number of hydrogen-bond donors (Lipinski definition) is 1. The minimum Gasteiger partial charge on any atom is -0.301 e. The summed E-state index contributed by atoms with van der Waals surface area (Å²) >= 11 is 1.43. The van der Waals surface area contributed by atoms with Gasteiger partial charge < -0.3 is 5.32 Å². The van der Waals surface area contributed by atoms with Crippen molar-refractivity contribution in [2.24, 2.45) is 5.41 Å². The molecule has 0 atom stereocenters. The fourth-order valence-corrected chi connectivity index (χ4v) is 2.92. The molecule has 90 valence electrons. The minimum absolute atomic E-state index is 0.213. The lowest BCUT2D eigenvalue weighted by Crippen LogP contribution is -2.40. The van der Waals surface area contributed by atoms with Crippen LogP contribution in [-0.2, 0) is 4.79 Å². The predicted molar refractivity (Wildman–Crippen MR) is 70.1 cm³/mol. The van der Waals surface area contributed by atoms with Crippen molar-refractivity contribution < 1.29 is 4.79 Å². The summed E-state index contributed by atoms with van der Waals surface area (Å²) in [4.78, 5) is 16.4. The number of nitriles is 1. The zero-order valence-electron chi connectivity index (χ0n) is 9.64. The third kappa shape index (κ3) is 1.66. The number of amides is 1. The molecular formula is C13H11N3OS. The molecular weight excluding hydrogens is 246 g/mol. The molecule has 1 N–H and O–H groups in total. The van der Waals surface area contributed by atoms with Gasteiger partial charge in [0.05, 0.1) is 16.3 Å². The lowest BCUT2D eigenvalue weighted by atomic mass is 9.69. The molecule has 1 fully saturated rings. The average Bonchev–Trinajstić information content (AvgIpc) is 2.70. The first-order valence-electron chi connectivity index (χ1n) is 5.82. The summed E-state index contributed by atoms with van der Waals surface area (Å²) in [5.74, 6) is -0.213. The second-order valence-electron chi connectivity index (χ2n) is 4.49. The highest BCUT2D eigenvalue weighted by Crippen LogP contribution is 2.41. The van der Waals surface area contributed by atoms with Crippen molar-refractivity contribution in [1.29, 1.82) is 5.26 Å². The maximum Gasteiger partial charge on any atom is 0.246 e. The van der Waals surface area contributed by atoms with E-state index in [-0.39, 0.29) is 5.91 Å². The zero-order valence-corrected chi connectivity index (χ0v) is 10.5. The van der Waals surface area contributed by atoms with Crippen LogP contribution in [0.3, 0.4) is 0 Å². The summed E-state index contributed by atoms with van der Waals surface area (Å²) in [6, 6.07) is 9.86. The Balaban J connectivity index is 1.84. The van der Waals surface area contributed by atoms with Gasteiger partial charge in [-0.05, 0) is 31.4 Å². The molecule has 4 nitrogen and oxygen atoms in total. The van der Waals surface area contributed by atoms with Crippen LogP contribution >= 0.6 is 11.3 Å². The van der Waals surface area contributed by atoms with Crippen LogP contribution in [0.4, 0.5) is 5.13 Å². The van der Waals surface area contributed by atoms with Crippen LogP contribution in [0.2, 0.25) is 0 Å². The molecule has 3 rings (SSSR count). The molecule has 1 aliphatic carbocycles. The molecule has 0 spiro atoms. The summed E-state index contributed by atoms with van der Waals surface area (Å²) in [5.41, 5.74) is 0.0510. The van der Waals surface area contributed by atoms with Crippen LogP contribution in [0, 0.1) is 16.7 Å². The fraction of sp³-hybridized carbons (Fsp3) is 0.308. The second-order valence-corrected chi connectivity index (χ2v) is 5.52. The van der Waals surface area contributed by atoms with Crippen LogP contribution in [0.15, 0.2) is 24.3 Å². The first-order chi connectivity index (χ1) is 8.73. The maximum atomic E-state index is 12.1. The van der Waals surface area contributed by atoms with Crippen molar-refractivity contribution in [3.8, 4) is 6.07 Å². The summed E-state index contributed by atoms with van der Waals surface area (Å²) in [7, 11) is 0. The predicted octanol–water partition coefficient (Wildman–Crippen LogP) is 2.93. The fourth-order valence-electron chi connectivity index (χ4n) is 2.06. The standard InChI is InChI=1S/C13H11N3OS/c14-8-13(6-3-7-13)11(17)16-12-15-9-4-1-2-5-10(9)18-12/h1-2,4-5H,3,6-7H2,(H,15,16,17). The molecule has 0 unspecified atom stereocenters. The van der Waals surface area contributed by atoms with E-state index in [0.717, 1.165) is 16.6 Å². The van der Waals surface area contributed by atoms with Gasteiger partial charge in [0, 0.05) is 0 Å². The van der Waals surface area contributed by atoms with Crippen LogP contribution in [0.25, 0.3) is 10.2 Å². The number of aromatic nitrogens is 1. The van der Waals surface area contributed by atoms with E-state index in [4.69, 9.17) is 5.26 Å². The van der Waals surface area contributed by atoms with Gasteiger partial charge in [0.2, 0.25) is 5.91 Å². The van der Waals surface area contributed by atoms with E-state index >= 15 is 0 Å². The topological polar surface area (TPSA) is 65.8 Å². The first kappa shape index (κ1) is 11.2. The number of nitrogens with one attached hydrogen (secondary N) is 1. The van der Waals surface area contributed by atoms with E-state index in [0.29, 0.717) is 18.0 Å². The number of hydrogen-bond acceptors (Lipinski definition) is 4. The van der Waals surface area contributed by atoms with Crippen molar-refractivity contribution in [1.82, 2.24) is 4.98 Å². The SMILES string of the molecule is N#CC1(C(=O)Nc2nc3ccccc3s2)CCC1. The van der Waals surface area contributed by atoms with E-state index in [1.807, 2.05) is 24.3 Å². The quantitative estimate of drug-likeness (QED) is 0.899. The number of nitrogens with zero attached hydrogens (tertiary/aromatic N) is 2. The van der Waals surface area contributed by atoms with E-state index in [2.05, 4.69) is 16.4 Å². The molecule has 1 aliphatic rings. The smallest absolute Gasteiger partial charge is 0.246 e. The molecule has 1 amide bonds. The average molecular weight is 257 g/mol. The van der Waals surface area contributed by atoms with Crippen molar-refractivity contribution >= 4 is 32.6 Å². The Labute approximate surface area is 108 Å². The largest absolute Gasteiger partial charge is 0.301 e. The van der Waals surface area contributed by atoms with E-state index in [9.17, 15) is 4.79 Å². The van der Waals surface area contributed by atoms with Crippen molar-refractivity contribution in [3.63, 3.8) is 0 Å². The number of anilines is 1. The van der Waals surface area contributed by atoms with Gasteiger partial charge in [-0.2, -0.15) is 5.26 Å². The van der Waals surface area contributed by atoms with Gasteiger partial charge in [0.25, 0.3) is 0 Å². The number of carbonyl (C=O) groups excluding carboxylic acids is 1. The van der Waals surface area contributed by atoms with Crippen LogP contribution in [0.1, 0.15) is 19.3 Å². The Morgan fingerprint density at radius 1 is 1.44 bits per heavy atom. The normalized spacial score (nSPS) is 16.8. The molecule has 5 heteroatoms. The van der Waals surface area contributed by atoms with Crippen LogP contribution < -0.4 is 5.32 Å². The van der Waals surface area contributed by atoms with Gasteiger partial charge in [-0.1, -0.05) is 23.5 Å². The Morgan fingerprint density at radius 3 is 2.83 bits per heavy atom. The molecule has 0 bridgehead atoms. The van der Waals surface area contributed by atoms with E-state index in [1.165, 1.54) is 11.3 Å². The second kappa shape index (κ2) is 4.07. The maximum absolute atomic E-state index is 12.1. The highest BCUT2D eigenvalue weighted by atomic mass is 32.1. The van der Waals surface area contributed by atoms with Crippen molar-refractivity contribution in [2.75, 3.05) is 5.32 Å². The van der Waals surface area contributed by atoms with Gasteiger partial charge in [0.15, 0.2) is 5.13 Å². The molecule has 2 aromatic rings.